The van der Waals surface area contributed by atoms with E-state index in [1.165, 1.54) is 16.0 Å². The molecule has 4 aliphatic rings. The van der Waals surface area contributed by atoms with Crippen molar-refractivity contribution in [2.45, 2.75) is 160 Å². The van der Waals surface area contributed by atoms with Crippen LogP contribution in [0, 0.1) is 5.41 Å². The highest BCUT2D eigenvalue weighted by Gasteiger charge is 2.46. The Morgan fingerprint density at radius 1 is 0.595 bits per heavy atom. The van der Waals surface area contributed by atoms with Gasteiger partial charge in [-0.15, -0.1) is 0 Å². The highest BCUT2D eigenvalue weighted by atomic mass is 16.2. The molecule has 0 radical (unpaired) electrons. The van der Waals surface area contributed by atoms with Crippen molar-refractivity contribution in [2.75, 3.05) is 32.6 Å². The van der Waals surface area contributed by atoms with Crippen molar-refractivity contribution in [1.82, 2.24) is 47.0 Å². The zero-order valence-corrected chi connectivity index (χ0v) is 49.9. The Hall–Kier alpha value is -7.89. The highest BCUT2D eigenvalue weighted by molar-refractivity contribution is 5.97. The van der Waals surface area contributed by atoms with Gasteiger partial charge < -0.3 is 51.9 Å². The average Bonchev–Trinajstić information content (AvgIpc) is 3.98. The predicted octanol–water partition coefficient (Wildman–Crippen LogP) is 6.14. The molecule has 17 heteroatoms. The molecule has 444 valence electrons. The molecule has 84 heavy (non-hydrogen) atoms. The molecule has 9 rings (SSSR count). The van der Waals surface area contributed by atoms with Gasteiger partial charge in [-0.1, -0.05) is 118 Å². The molecule has 0 bridgehead atoms. The summed E-state index contributed by atoms with van der Waals surface area (Å²) in [6.07, 6.45) is 6.09. The third-order valence-electron chi connectivity index (χ3n) is 17.5. The molecule has 2 aliphatic heterocycles. The summed E-state index contributed by atoms with van der Waals surface area (Å²) in [5.41, 5.74) is 9.00. The van der Waals surface area contributed by atoms with Crippen LogP contribution in [-0.4, -0.2) is 121 Å². The van der Waals surface area contributed by atoms with Gasteiger partial charge in [-0.25, -0.2) is 0 Å². The number of benzene rings is 5. The Kier molecular flexibility index (Phi) is 19.4. The highest BCUT2D eigenvalue weighted by Crippen LogP contribution is 2.34. The summed E-state index contributed by atoms with van der Waals surface area (Å²) < 4.78 is 0. The van der Waals surface area contributed by atoms with E-state index in [1.807, 2.05) is 119 Å². The first-order chi connectivity index (χ1) is 40.3. The Bertz CT molecular complexity index is 3200. The minimum Gasteiger partial charge on any atom is -0.370 e. The lowest BCUT2D eigenvalue weighted by Gasteiger charge is -2.39. The summed E-state index contributed by atoms with van der Waals surface area (Å²) >= 11 is 0. The van der Waals surface area contributed by atoms with Crippen molar-refractivity contribution >= 4 is 47.0 Å². The number of likely N-dealkylation sites (N-methyl/N-ethyl adjacent to an activating group) is 2. The molecule has 7 amide bonds. The van der Waals surface area contributed by atoms with Gasteiger partial charge in [0.25, 0.3) is 5.91 Å². The second-order valence-corrected chi connectivity index (χ2v) is 24.5. The lowest BCUT2D eigenvalue weighted by atomic mass is 9.85. The molecule has 2 heterocycles. The van der Waals surface area contributed by atoms with Crippen LogP contribution in [0.25, 0.3) is 0 Å². The van der Waals surface area contributed by atoms with Crippen molar-refractivity contribution < 1.29 is 33.6 Å². The summed E-state index contributed by atoms with van der Waals surface area (Å²) in [5, 5.41) is 21.6. The Labute approximate surface area is 494 Å². The maximum atomic E-state index is 15.0. The number of hydrogen-bond acceptors (Lipinski definition) is 10. The first kappa shape index (κ1) is 60.7. The van der Waals surface area contributed by atoms with Crippen LogP contribution in [-0.2, 0) is 67.5 Å². The number of rotatable bonds is 19. The van der Waals surface area contributed by atoms with Crippen LogP contribution < -0.4 is 42.1 Å². The van der Waals surface area contributed by atoms with E-state index in [9.17, 15) is 28.8 Å². The Morgan fingerprint density at radius 2 is 1.12 bits per heavy atom. The molecule has 9 atom stereocenters. The van der Waals surface area contributed by atoms with Gasteiger partial charge in [0.2, 0.25) is 35.4 Å². The molecule has 0 saturated carbocycles. The molecule has 2 aliphatic carbocycles. The standard InChI is InChI=1S/C67H84N10O7/c1-41(68-6)60(78)73-56(65(83)76-39-49-20-10-9-19-48(49)36-57(76)63(81)71-54-25-15-21-45-17-11-13-23-52(45)54)35-43-29-33-51(34-30-43)75(8)38-44-27-31-47(32-28-44)62(80)70-50-37-58(64(82)72-55-26-16-22-46-18-12-14-24-53(46)55)77(40-50)66(84)59(67(3,4)5)74-61(79)42(2)69-7/h9-14,17-20,23-24,27-34,41-42,50,54-59,68-69H,15-16,21-22,25-26,35-40H2,1-8H3,(H,70,80)(H,71,81)(H,72,82)(H,73,78)(H,74,79)/t41-,42-,50-,54+,55+,56-,57-,58-,59+/m0/s1. The summed E-state index contributed by atoms with van der Waals surface area (Å²) in [5.74, 6) is -2.22. The zero-order chi connectivity index (χ0) is 59.8. The average molecular weight is 1140 g/mol. The van der Waals surface area contributed by atoms with Gasteiger partial charge in [-0.2, -0.15) is 0 Å². The van der Waals surface area contributed by atoms with Crippen LogP contribution in [0.2, 0.25) is 0 Å². The number of fused-ring (bicyclic) bond motifs is 3. The molecule has 1 saturated heterocycles. The second kappa shape index (κ2) is 26.8. The van der Waals surface area contributed by atoms with E-state index in [2.05, 4.69) is 60.3 Å². The van der Waals surface area contributed by atoms with E-state index in [0.717, 1.165) is 77.6 Å². The lowest BCUT2D eigenvalue weighted by molar-refractivity contribution is -0.145. The van der Waals surface area contributed by atoms with Crippen molar-refractivity contribution in [3.05, 3.63) is 171 Å². The number of nitrogens with one attached hydrogen (secondary N) is 7. The van der Waals surface area contributed by atoms with Crippen molar-refractivity contribution in [1.29, 1.82) is 0 Å². The number of likely N-dealkylation sites (tertiary alicyclic amines) is 1. The van der Waals surface area contributed by atoms with E-state index in [1.54, 1.807) is 45.0 Å². The molecule has 0 spiro atoms. The number of carbonyl (C=O) groups excluding carboxylic acids is 7. The Morgan fingerprint density at radius 3 is 1.69 bits per heavy atom. The zero-order valence-electron chi connectivity index (χ0n) is 49.9. The van der Waals surface area contributed by atoms with E-state index in [4.69, 9.17) is 0 Å². The van der Waals surface area contributed by atoms with Gasteiger partial charge in [-0.3, -0.25) is 33.6 Å². The SMILES string of the molecule is CN[C@@H](C)C(=O)N[C@@H](Cc1ccc(N(C)Cc2ccc(C(=O)N[C@H]3C[C@@H](C(=O)N[C@@H]4CCCc5ccccc54)N(C(=O)[C@@H](NC(=O)[C@H](C)NC)C(C)(C)C)C3)cc2)cc1)C(=O)N1Cc2ccccc2C[C@H]1C(=O)N[C@@H]1CCCc2ccccc21. The molecule has 1 fully saturated rings. The van der Waals surface area contributed by atoms with Crippen LogP contribution in [0.5, 0.6) is 0 Å². The van der Waals surface area contributed by atoms with Crippen molar-refractivity contribution in [2.24, 2.45) is 5.41 Å². The van der Waals surface area contributed by atoms with E-state index in [0.29, 0.717) is 18.5 Å². The quantitative estimate of drug-likeness (QED) is 0.0502. The third-order valence-corrected chi connectivity index (χ3v) is 17.5. The van der Waals surface area contributed by atoms with Crippen molar-refractivity contribution in [3.63, 3.8) is 0 Å². The summed E-state index contributed by atoms with van der Waals surface area (Å²) in [4.78, 5) is 105. The number of nitrogens with zero attached hydrogens (tertiary/aromatic N) is 3. The van der Waals surface area contributed by atoms with Crippen LogP contribution in [0.1, 0.15) is 134 Å². The molecule has 7 N–H and O–H groups in total. The van der Waals surface area contributed by atoms with Crippen LogP contribution in [0.4, 0.5) is 5.69 Å². The smallest absolute Gasteiger partial charge is 0.251 e. The summed E-state index contributed by atoms with van der Waals surface area (Å²) in [6.45, 7) is 9.92. The van der Waals surface area contributed by atoms with Crippen LogP contribution in [0.3, 0.4) is 0 Å². The molecular weight excluding hydrogens is 1060 g/mol. The minimum atomic E-state index is -0.961. The molecular formula is C67H84N10O7. The van der Waals surface area contributed by atoms with Gasteiger partial charge in [0.15, 0.2) is 0 Å². The number of amides is 7. The number of carbonyl (C=O) groups is 7. The maximum Gasteiger partial charge on any atom is 0.251 e. The second-order valence-electron chi connectivity index (χ2n) is 24.5. The first-order valence-electron chi connectivity index (χ1n) is 29.9. The van der Waals surface area contributed by atoms with Crippen LogP contribution in [0.15, 0.2) is 121 Å². The molecule has 5 aromatic rings. The van der Waals surface area contributed by atoms with Gasteiger partial charge in [0.05, 0.1) is 24.2 Å². The molecule has 0 unspecified atom stereocenters. The number of anilines is 1. The van der Waals surface area contributed by atoms with Gasteiger partial charge >= 0.3 is 0 Å². The number of aryl methyl sites for hydroxylation is 2. The fourth-order valence-corrected chi connectivity index (χ4v) is 12.3. The molecule has 5 aromatic carbocycles. The predicted molar refractivity (Wildman–Crippen MR) is 325 cm³/mol. The van der Waals surface area contributed by atoms with E-state index in [-0.39, 0.29) is 79.4 Å². The van der Waals surface area contributed by atoms with E-state index >= 15 is 4.79 Å². The summed E-state index contributed by atoms with van der Waals surface area (Å²) in [7, 11) is 5.34. The van der Waals surface area contributed by atoms with Gasteiger partial charge in [0, 0.05) is 56.8 Å². The molecule has 17 nitrogen and oxygen atoms in total. The van der Waals surface area contributed by atoms with Gasteiger partial charge in [-0.05, 0) is 147 Å². The normalized spacial score (nSPS) is 20.5. The topological polar surface area (TPSA) is 213 Å². The van der Waals surface area contributed by atoms with Crippen LogP contribution >= 0.6 is 0 Å². The lowest BCUT2D eigenvalue weighted by Crippen LogP contribution is -2.59. The van der Waals surface area contributed by atoms with Crippen molar-refractivity contribution in [3.8, 4) is 0 Å². The van der Waals surface area contributed by atoms with E-state index < -0.39 is 47.7 Å². The summed E-state index contributed by atoms with van der Waals surface area (Å²) in [6, 6.07) is 33.8. The fraction of sp³-hybridized carbons (Fsp3) is 0.448. The molecule has 0 aromatic heterocycles. The monoisotopic (exact) mass is 1140 g/mol. The first-order valence-corrected chi connectivity index (χ1v) is 29.9. The Balaban J connectivity index is 0.857. The third kappa shape index (κ3) is 14.2. The largest absolute Gasteiger partial charge is 0.370 e. The maximum absolute atomic E-state index is 15.0. The number of hydrogen-bond donors (Lipinski definition) is 7. The van der Waals surface area contributed by atoms with Gasteiger partial charge in [0.1, 0.15) is 24.2 Å². The minimum absolute atomic E-state index is 0.0832. The fourth-order valence-electron chi connectivity index (χ4n) is 12.3.